The van der Waals surface area contributed by atoms with Gasteiger partial charge in [0.25, 0.3) is 5.56 Å². The summed E-state index contributed by atoms with van der Waals surface area (Å²) in [5, 5.41) is 8.77. The maximum absolute atomic E-state index is 12.9. The highest BCUT2D eigenvalue weighted by Crippen LogP contribution is 2.24. The van der Waals surface area contributed by atoms with Gasteiger partial charge in [-0.25, -0.2) is 4.68 Å². The number of nitrogens with one attached hydrogen (secondary N) is 1. The minimum atomic E-state index is -0.264. The molecule has 1 heterocycles. The van der Waals surface area contributed by atoms with Crippen LogP contribution in [0.15, 0.2) is 83.7 Å². The van der Waals surface area contributed by atoms with Crippen molar-refractivity contribution in [1.82, 2.24) is 15.1 Å². The molecule has 0 saturated carbocycles. The van der Waals surface area contributed by atoms with E-state index in [0.29, 0.717) is 17.6 Å². The maximum Gasteiger partial charge on any atom is 0.275 e. The average molecular weight is 397 g/mol. The topological polar surface area (TPSA) is 64.0 Å². The van der Waals surface area contributed by atoms with Gasteiger partial charge in [0.15, 0.2) is 0 Å². The third-order valence-corrected chi connectivity index (χ3v) is 5.06. The van der Waals surface area contributed by atoms with Gasteiger partial charge >= 0.3 is 0 Å². The number of nitrogens with zero attached hydrogens (tertiary/aromatic N) is 2. The summed E-state index contributed by atoms with van der Waals surface area (Å²) in [6.45, 7) is 2.42. The fraction of sp³-hybridized carbons (Fsp3) is 0.160. The second kappa shape index (κ2) is 8.74. The Morgan fingerprint density at radius 1 is 0.900 bits per heavy atom. The summed E-state index contributed by atoms with van der Waals surface area (Å²) < 4.78 is 1.26. The van der Waals surface area contributed by atoms with E-state index in [-0.39, 0.29) is 18.0 Å². The lowest BCUT2D eigenvalue weighted by molar-refractivity contribution is -0.121. The van der Waals surface area contributed by atoms with E-state index in [1.807, 2.05) is 79.7 Å². The number of rotatable bonds is 6. The van der Waals surface area contributed by atoms with Gasteiger partial charge in [-0.05, 0) is 25.0 Å². The van der Waals surface area contributed by atoms with Crippen LogP contribution < -0.4 is 10.9 Å². The van der Waals surface area contributed by atoms with Gasteiger partial charge in [-0.2, -0.15) is 5.10 Å². The fourth-order valence-corrected chi connectivity index (χ4v) is 3.45. The molecule has 0 aliphatic heterocycles. The zero-order valence-electron chi connectivity index (χ0n) is 16.8. The molecule has 0 radical (unpaired) electrons. The van der Waals surface area contributed by atoms with Gasteiger partial charge < -0.3 is 5.32 Å². The first-order valence-electron chi connectivity index (χ1n) is 9.99. The zero-order valence-corrected chi connectivity index (χ0v) is 16.8. The summed E-state index contributed by atoms with van der Waals surface area (Å²) in [4.78, 5) is 25.4. The first-order valence-corrected chi connectivity index (χ1v) is 9.99. The zero-order chi connectivity index (χ0) is 20.9. The SMILES string of the molecule is Cc1ccc(-c2nn(CC(=O)NCCc3ccccc3)c(=O)c3ccccc23)cc1. The van der Waals surface area contributed by atoms with Crippen molar-refractivity contribution in [2.45, 2.75) is 19.9 Å². The maximum atomic E-state index is 12.9. The van der Waals surface area contributed by atoms with Crippen molar-refractivity contribution in [3.8, 4) is 11.3 Å². The summed E-state index contributed by atoms with van der Waals surface area (Å²) in [5.41, 5.74) is 3.65. The minimum absolute atomic E-state index is 0.114. The van der Waals surface area contributed by atoms with Gasteiger partial charge in [0.1, 0.15) is 6.54 Å². The summed E-state index contributed by atoms with van der Waals surface area (Å²) in [7, 11) is 0. The van der Waals surface area contributed by atoms with Crippen molar-refractivity contribution in [3.05, 3.63) is 100 Å². The molecule has 1 N–H and O–H groups in total. The van der Waals surface area contributed by atoms with Crippen LogP contribution in [0.3, 0.4) is 0 Å². The van der Waals surface area contributed by atoms with Crippen LogP contribution in [0.1, 0.15) is 11.1 Å². The first-order chi connectivity index (χ1) is 14.6. The van der Waals surface area contributed by atoms with Crippen LogP contribution in [-0.2, 0) is 17.8 Å². The molecule has 0 fully saturated rings. The molecular formula is C25H23N3O2. The van der Waals surface area contributed by atoms with Gasteiger partial charge in [-0.3, -0.25) is 9.59 Å². The molecule has 1 amide bonds. The number of aryl methyl sites for hydroxylation is 1. The van der Waals surface area contributed by atoms with Crippen LogP contribution in [0.25, 0.3) is 22.0 Å². The number of benzene rings is 3. The van der Waals surface area contributed by atoms with Crippen molar-refractivity contribution >= 4 is 16.7 Å². The third-order valence-electron chi connectivity index (χ3n) is 5.06. The Kier molecular flexibility index (Phi) is 5.70. The summed E-state index contributed by atoms with van der Waals surface area (Å²) >= 11 is 0. The molecule has 0 aliphatic rings. The van der Waals surface area contributed by atoms with Crippen molar-refractivity contribution in [1.29, 1.82) is 0 Å². The Morgan fingerprint density at radius 3 is 2.30 bits per heavy atom. The minimum Gasteiger partial charge on any atom is -0.354 e. The standard InChI is InChI=1S/C25H23N3O2/c1-18-11-13-20(14-12-18)24-21-9-5-6-10-22(21)25(30)28(27-24)17-23(29)26-16-15-19-7-3-2-4-8-19/h2-14H,15-17H2,1H3,(H,26,29). The Balaban J connectivity index is 1.59. The molecule has 30 heavy (non-hydrogen) atoms. The van der Waals surface area contributed by atoms with E-state index in [9.17, 15) is 9.59 Å². The third kappa shape index (κ3) is 4.30. The molecule has 5 heteroatoms. The Bertz CT molecular complexity index is 1230. The van der Waals surface area contributed by atoms with Crippen LogP contribution in [0.5, 0.6) is 0 Å². The molecule has 150 valence electrons. The number of carbonyl (C=O) groups is 1. The van der Waals surface area contributed by atoms with E-state index in [2.05, 4.69) is 10.4 Å². The predicted molar refractivity (Wildman–Crippen MR) is 119 cm³/mol. The van der Waals surface area contributed by atoms with E-state index < -0.39 is 0 Å². The highest BCUT2D eigenvalue weighted by molar-refractivity contribution is 5.93. The molecule has 3 aromatic carbocycles. The average Bonchev–Trinajstić information content (AvgIpc) is 2.77. The van der Waals surface area contributed by atoms with Gasteiger partial charge in [0.05, 0.1) is 11.1 Å². The second-order valence-electron chi connectivity index (χ2n) is 7.31. The smallest absolute Gasteiger partial charge is 0.275 e. The van der Waals surface area contributed by atoms with Gasteiger partial charge in [-0.1, -0.05) is 78.4 Å². The molecule has 0 spiro atoms. The fourth-order valence-electron chi connectivity index (χ4n) is 3.45. The van der Waals surface area contributed by atoms with Crippen LogP contribution >= 0.6 is 0 Å². The van der Waals surface area contributed by atoms with E-state index in [4.69, 9.17) is 0 Å². The van der Waals surface area contributed by atoms with E-state index >= 15 is 0 Å². The molecule has 0 bridgehead atoms. The van der Waals surface area contributed by atoms with Gasteiger partial charge in [0.2, 0.25) is 5.91 Å². The number of fused-ring (bicyclic) bond motifs is 1. The Labute approximate surface area is 175 Å². The van der Waals surface area contributed by atoms with Crippen molar-refractivity contribution < 1.29 is 4.79 Å². The Morgan fingerprint density at radius 2 is 1.57 bits per heavy atom. The number of hydrogen-bond acceptors (Lipinski definition) is 3. The molecule has 1 aromatic heterocycles. The van der Waals surface area contributed by atoms with Crippen LogP contribution in [0.2, 0.25) is 0 Å². The monoisotopic (exact) mass is 397 g/mol. The van der Waals surface area contributed by atoms with Crippen molar-refractivity contribution in [2.24, 2.45) is 0 Å². The van der Waals surface area contributed by atoms with E-state index in [0.717, 1.165) is 28.5 Å². The molecule has 4 aromatic rings. The second-order valence-corrected chi connectivity index (χ2v) is 7.31. The molecule has 0 aliphatic carbocycles. The largest absolute Gasteiger partial charge is 0.354 e. The number of aromatic nitrogens is 2. The molecule has 0 atom stereocenters. The van der Waals surface area contributed by atoms with Crippen LogP contribution in [0.4, 0.5) is 0 Å². The van der Waals surface area contributed by atoms with Crippen molar-refractivity contribution in [3.63, 3.8) is 0 Å². The van der Waals surface area contributed by atoms with Crippen LogP contribution in [-0.4, -0.2) is 22.2 Å². The first kappa shape index (κ1) is 19.6. The van der Waals surface area contributed by atoms with Crippen LogP contribution in [0, 0.1) is 6.92 Å². The molecular weight excluding hydrogens is 374 g/mol. The number of hydrogen-bond donors (Lipinski definition) is 1. The quantitative estimate of drug-likeness (QED) is 0.539. The number of carbonyl (C=O) groups excluding carboxylic acids is 1. The van der Waals surface area contributed by atoms with E-state index in [1.165, 1.54) is 4.68 Å². The van der Waals surface area contributed by atoms with Crippen molar-refractivity contribution in [2.75, 3.05) is 6.54 Å². The molecule has 0 unspecified atom stereocenters. The lowest BCUT2D eigenvalue weighted by Crippen LogP contribution is -2.34. The summed E-state index contributed by atoms with van der Waals surface area (Å²) in [6.07, 6.45) is 0.737. The number of amides is 1. The summed E-state index contributed by atoms with van der Waals surface area (Å²) in [6, 6.07) is 25.3. The van der Waals surface area contributed by atoms with Gasteiger partial charge in [-0.15, -0.1) is 0 Å². The Hall–Kier alpha value is -3.73. The molecule has 4 rings (SSSR count). The molecule has 5 nitrogen and oxygen atoms in total. The predicted octanol–water partition coefficient (Wildman–Crippen LogP) is 3.73. The lowest BCUT2D eigenvalue weighted by Gasteiger charge is -2.12. The summed E-state index contributed by atoms with van der Waals surface area (Å²) in [5.74, 6) is -0.231. The van der Waals surface area contributed by atoms with Gasteiger partial charge in [0, 0.05) is 17.5 Å². The molecule has 0 saturated heterocycles. The highest BCUT2D eigenvalue weighted by atomic mass is 16.2. The normalized spacial score (nSPS) is 10.8. The van der Waals surface area contributed by atoms with E-state index in [1.54, 1.807) is 6.07 Å². The highest BCUT2D eigenvalue weighted by Gasteiger charge is 2.14. The lowest BCUT2D eigenvalue weighted by atomic mass is 10.0.